The van der Waals surface area contributed by atoms with Crippen molar-refractivity contribution >= 4 is 32.5 Å². The molecule has 11 heteroatoms. The molecule has 2 fully saturated rings. The number of hydrogen-bond donors (Lipinski definition) is 2. The molecule has 25 heavy (non-hydrogen) atoms. The first-order chi connectivity index (χ1) is 11.4. The van der Waals surface area contributed by atoms with E-state index in [0.717, 1.165) is 13.0 Å². The highest BCUT2D eigenvalue weighted by Gasteiger charge is 2.27. The third kappa shape index (κ3) is 4.70. The van der Waals surface area contributed by atoms with Crippen molar-refractivity contribution in [1.82, 2.24) is 14.3 Å². The summed E-state index contributed by atoms with van der Waals surface area (Å²) in [6.07, 6.45) is 0.739. The average Bonchev–Trinajstić information content (AvgIpc) is 3.08. The molecule has 3 rings (SSSR count). The molecule has 1 aromatic rings. The fourth-order valence-corrected chi connectivity index (χ4v) is 5.45. The average molecular weight is 412 g/mol. The van der Waals surface area contributed by atoms with Crippen LogP contribution < -0.4 is 10.0 Å². The molecule has 142 valence electrons. The van der Waals surface area contributed by atoms with Crippen molar-refractivity contribution in [1.29, 1.82) is 0 Å². The molecule has 0 aliphatic carbocycles. The molecule has 2 heterocycles. The maximum absolute atomic E-state index is 12.5. The van der Waals surface area contributed by atoms with E-state index >= 15 is 0 Å². The van der Waals surface area contributed by atoms with Crippen LogP contribution in [0, 0.1) is 0 Å². The van der Waals surface area contributed by atoms with Gasteiger partial charge in [0.05, 0.1) is 23.0 Å². The molecule has 0 radical (unpaired) electrons. The molecule has 2 aliphatic heterocycles. The summed E-state index contributed by atoms with van der Waals surface area (Å²) in [6, 6.07) is 5.21. The van der Waals surface area contributed by atoms with E-state index in [4.69, 9.17) is 4.74 Å². The number of hydrogen-bond acceptors (Lipinski definition) is 6. The molecule has 2 N–H and O–H groups in total. The molecule has 8 nitrogen and oxygen atoms in total. The highest BCUT2D eigenvalue weighted by molar-refractivity contribution is 7.89. The van der Waals surface area contributed by atoms with E-state index in [1.807, 2.05) is 0 Å². The quantitative estimate of drug-likeness (QED) is 0.693. The second kappa shape index (κ2) is 8.30. The predicted octanol–water partition coefficient (Wildman–Crippen LogP) is -0.230. The van der Waals surface area contributed by atoms with E-state index < -0.39 is 20.0 Å². The molecular formula is C14H22ClN3O5S2. The number of nitrogens with one attached hydrogen (secondary N) is 2. The van der Waals surface area contributed by atoms with E-state index in [1.165, 1.54) is 28.6 Å². The smallest absolute Gasteiger partial charge is 0.243 e. The van der Waals surface area contributed by atoms with Gasteiger partial charge in [-0.05, 0) is 37.2 Å². The Bertz CT molecular complexity index is 771. The zero-order valence-corrected chi connectivity index (χ0v) is 16.0. The largest absolute Gasteiger partial charge is 0.379 e. The highest BCUT2D eigenvalue weighted by atomic mass is 35.5. The second-order valence-corrected chi connectivity index (χ2v) is 9.45. The van der Waals surface area contributed by atoms with E-state index in [9.17, 15) is 16.8 Å². The lowest BCUT2D eigenvalue weighted by Gasteiger charge is -2.26. The number of benzene rings is 1. The molecular weight excluding hydrogens is 390 g/mol. The summed E-state index contributed by atoms with van der Waals surface area (Å²) in [6.45, 7) is 2.72. The fraction of sp³-hybridized carbons (Fsp3) is 0.571. The number of ether oxygens (including phenoxy) is 1. The molecule has 0 spiro atoms. The summed E-state index contributed by atoms with van der Waals surface area (Å²) in [7, 11) is -7.27. The first kappa shape index (κ1) is 20.6. The standard InChI is InChI=1S/C14H21N3O5S2.ClH/c18-23(19,16-12-5-6-15-11-12)13-1-3-14(4-2-13)24(20,21)17-7-9-22-10-8-17;/h1-4,12,15-16H,5-11H2;1H. The van der Waals surface area contributed by atoms with Crippen molar-refractivity contribution in [3.63, 3.8) is 0 Å². The maximum atomic E-state index is 12.5. The van der Waals surface area contributed by atoms with Gasteiger partial charge in [-0.2, -0.15) is 4.31 Å². The van der Waals surface area contributed by atoms with Crippen LogP contribution in [0.15, 0.2) is 34.1 Å². The fourth-order valence-electron chi connectivity index (χ4n) is 2.77. The maximum Gasteiger partial charge on any atom is 0.243 e. The SMILES string of the molecule is Cl.O=S(=O)(NC1CCNC1)c1ccc(S(=O)(=O)N2CCOCC2)cc1. The summed E-state index contributed by atoms with van der Waals surface area (Å²) in [4.78, 5) is 0.154. The highest BCUT2D eigenvalue weighted by Crippen LogP contribution is 2.19. The minimum atomic E-state index is -3.65. The molecule has 0 aromatic heterocycles. The molecule has 1 unspecified atom stereocenters. The Hall–Kier alpha value is -0.750. The molecule has 2 saturated heterocycles. The van der Waals surface area contributed by atoms with Crippen LogP contribution in [0.3, 0.4) is 0 Å². The van der Waals surface area contributed by atoms with Gasteiger partial charge in [0, 0.05) is 25.7 Å². The lowest BCUT2D eigenvalue weighted by molar-refractivity contribution is 0.0730. The van der Waals surface area contributed by atoms with E-state index in [-0.39, 0.29) is 28.2 Å². The van der Waals surface area contributed by atoms with Gasteiger partial charge in [-0.25, -0.2) is 21.6 Å². The normalized spacial score (nSPS) is 22.5. The van der Waals surface area contributed by atoms with Crippen molar-refractivity contribution in [2.75, 3.05) is 39.4 Å². The Balaban J connectivity index is 0.00000225. The van der Waals surface area contributed by atoms with Crippen LogP contribution in [0.2, 0.25) is 0 Å². The van der Waals surface area contributed by atoms with Crippen LogP contribution in [-0.2, 0) is 24.8 Å². The first-order valence-electron chi connectivity index (χ1n) is 7.81. The van der Waals surface area contributed by atoms with Crippen LogP contribution in [0.1, 0.15) is 6.42 Å². The van der Waals surface area contributed by atoms with Crippen LogP contribution >= 0.6 is 12.4 Å². The third-order valence-corrected chi connectivity index (χ3v) is 7.57. The summed E-state index contributed by atoms with van der Waals surface area (Å²) >= 11 is 0. The predicted molar refractivity (Wildman–Crippen MR) is 94.9 cm³/mol. The van der Waals surface area contributed by atoms with Crippen molar-refractivity contribution in [2.45, 2.75) is 22.3 Å². The van der Waals surface area contributed by atoms with E-state index in [0.29, 0.717) is 32.8 Å². The van der Waals surface area contributed by atoms with Crippen LogP contribution in [-0.4, -0.2) is 66.6 Å². The molecule has 0 bridgehead atoms. The Kier molecular flexibility index (Phi) is 6.82. The summed E-state index contributed by atoms with van der Waals surface area (Å²) < 4.78 is 58.9. The monoisotopic (exact) mass is 411 g/mol. The van der Waals surface area contributed by atoms with Gasteiger partial charge >= 0.3 is 0 Å². The van der Waals surface area contributed by atoms with Crippen LogP contribution in [0.4, 0.5) is 0 Å². The number of halogens is 1. The van der Waals surface area contributed by atoms with Gasteiger partial charge in [0.2, 0.25) is 20.0 Å². The molecule has 2 aliphatic rings. The summed E-state index contributed by atoms with van der Waals surface area (Å²) in [5, 5.41) is 3.09. The number of morpholine rings is 1. The molecule has 0 saturated carbocycles. The summed E-state index contributed by atoms with van der Waals surface area (Å²) in [5.41, 5.74) is 0. The minimum Gasteiger partial charge on any atom is -0.379 e. The van der Waals surface area contributed by atoms with Gasteiger partial charge in [0.1, 0.15) is 0 Å². The number of sulfonamides is 2. The van der Waals surface area contributed by atoms with Gasteiger partial charge in [-0.15, -0.1) is 12.4 Å². The molecule has 1 aromatic carbocycles. The second-order valence-electron chi connectivity index (χ2n) is 5.80. The van der Waals surface area contributed by atoms with Crippen molar-refractivity contribution < 1.29 is 21.6 Å². The Morgan fingerprint density at radius 2 is 1.64 bits per heavy atom. The first-order valence-corrected chi connectivity index (χ1v) is 10.7. The van der Waals surface area contributed by atoms with Gasteiger partial charge in [0.25, 0.3) is 0 Å². The summed E-state index contributed by atoms with van der Waals surface area (Å²) in [5.74, 6) is 0. The van der Waals surface area contributed by atoms with E-state index in [2.05, 4.69) is 10.0 Å². The number of nitrogens with zero attached hydrogens (tertiary/aromatic N) is 1. The van der Waals surface area contributed by atoms with Crippen molar-refractivity contribution in [3.8, 4) is 0 Å². The van der Waals surface area contributed by atoms with Crippen LogP contribution in [0.5, 0.6) is 0 Å². The Labute approximate surface area is 154 Å². The molecule has 0 amide bonds. The Morgan fingerprint density at radius 1 is 1.04 bits per heavy atom. The molecule has 1 atom stereocenters. The topological polar surface area (TPSA) is 105 Å². The Morgan fingerprint density at radius 3 is 2.20 bits per heavy atom. The van der Waals surface area contributed by atoms with Gasteiger partial charge in [-0.3, -0.25) is 0 Å². The van der Waals surface area contributed by atoms with Crippen molar-refractivity contribution in [2.24, 2.45) is 0 Å². The third-order valence-electron chi connectivity index (χ3n) is 4.12. The van der Waals surface area contributed by atoms with Crippen LogP contribution in [0.25, 0.3) is 0 Å². The zero-order chi connectivity index (χ0) is 17.2. The van der Waals surface area contributed by atoms with Gasteiger partial charge < -0.3 is 10.1 Å². The lowest BCUT2D eigenvalue weighted by atomic mass is 10.3. The minimum absolute atomic E-state index is 0. The lowest BCUT2D eigenvalue weighted by Crippen LogP contribution is -2.40. The van der Waals surface area contributed by atoms with Crippen molar-refractivity contribution in [3.05, 3.63) is 24.3 Å². The zero-order valence-electron chi connectivity index (χ0n) is 13.5. The number of rotatable bonds is 5. The van der Waals surface area contributed by atoms with E-state index in [1.54, 1.807) is 0 Å². The van der Waals surface area contributed by atoms with Gasteiger partial charge in [0.15, 0.2) is 0 Å². The van der Waals surface area contributed by atoms with Gasteiger partial charge in [-0.1, -0.05) is 0 Å².